The molecule has 82 valence electrons. The molecule has 0 saturated carbocycles. The van der Waals surface area contributed by atoms with Crippen LogP contribution in [0.25, 0.3) is 6.08 Å². The van der Waals surface area contributed by atoms with E-state index in [0.29, 0.717) is 5.56 Å². The van der Waals surface area contributed by atoms with Gasteiger partial charge < -0.3 is 5.11 Å². The largest absolute Gasteiger partial charge is 0.477 e. The van der Waals surface area contributed by atoms with Crippen molar-refractivity contribution < 1.29 is 11.3 Å². The molecule has 1 N–H and O–H groups in total. The Morgan fingerprint density at radius 2 is 2.40 bits per heavy atom. The molecule has 1 aromatic heterocycles. The number of hydrogen-bond donors (Lipinski definition) is 1. The number of carboxylic acid groups (broad SMARTS) is 1. The van der Waals surface area contributed by atoms with Crippen LogP contribution in [0.3, 0.4) is 0 Å². The predicted molar refractivity (Wildman–Crippen MR) is 62.0 cm³/mol. The van der Waals surface area contributed by atoms with Crippen molar-refractivity contribution >= 4 is 12.0 Å². The lowest BCUT2D eigenvalue weighted by molar-refractivity contribution is 0.0689. The summed E-state index contributed by atoms with van der Waals surface area (Å²) in [6.07, 6.45) is 7.75. The number of rotatable bonds is 4. The van der Waals surface area contributed by atoms with Gasteiger partial charge in [-0.1, -0.05) is 25.5 Å². The maximum Gasteiger partial charge on any atom is 0.354 e. The van der Waals surface area contributed by atoms with Crippen LogP contribution >= 0.6 is 0 Å². The number of pyridine rings is 1. The summed E-state index contributed by atoms with van der Waals surface area (Å²) >= 11 is 0. The third-order valence-electron chi connectivity index (χ3n) is 2.07. The zero-order valence-corrected chi connectivity index (χ0v) is 9.03. The summed E-state index contributed by atoms with van der Waals surface area (Å²) in [5, 5.41) is 8.79. The molecule has 1 aromatic rings. The van der Waals surface area contributed by atoms with E-state index in [1.807, 2.05) is 12.1 Å². The highest BCUT2D eigenvalue weighted by atomic mass is 16.4. The van der Waals surface area contributed by atoms with Crippen molar-refractivity contribution in [1.82, 2.24) is 4.98 Å². The molecule has 3 heteroatoms. The first-order valence-corrected chi connectivity index (χ1v) is 5.01. The van der Waals surface area contributed by atoms with Crippen LogP contribution in [0.5, 0.6) is 0 Å². The van der Waals surface area contributed by atoms with Gasteiger partial charge in [0, 0.05) is 7.62 Å². The fourth-order valence-corrected chi connectivity index (χ4v) is 1.30. The van der Waals surface area contributed by atoms with Gasteiger partial charge in [0.2, 0.25) is 0 Å². The lowest BCUT2D eigenvalue weighted by atomic mass is 10.1. The molecule has 0 aliphatic rings. The topological polar surface area (TPSA) is 50.2 Å². The van der Waals surface area contributed by atoms with E-state index in [1.54, 1.807) is 13.1 Å². The fourth-order valence-electron chi connectivity index (χ4n) is 1.30. The Kier molecular flexibility index (Phi) is 4.03. The Morgan fingerprint density at radius 3 is 2.93 bits per heavy atom. The van der Waals surface area contributed by atoms with Gasteiger partial charge in [-0.05, 0) is 30.5 Å². The number of carboxylic acids is 1. The molecule has 1 heterocycles. The molecule has 0 radical (unpaired) electrons. The molecule has 0 aromatic carbocycles. The van der Waals surface area contributed by atoms with Crippen molar-refractivity contribution in [3.8, 4) is 0 Å². The Balaban J connectivity index is 0.00000225. The molecule has 0 fully saturated rings. The lowest BCUT2D eigenvalue weighted by Crippen LogP contribution is -2.03. The minimum Gasteiger partial charge on any atom is -0.477 e. The molecule has 0 unspecified atom stereocenters. The quantitative estimate of drug-likeness (QED) is 0.825. The number of aryl methyl sites for hydroxylation is 1. The van der Waals surface area contributed by atoms with Gasteiger partial charge in [0.25, 0.3) is 0 Å². The molecule has 1 rings (SSSR count). The number of carbonyl (C=O) groups is 1. The Morgan fingerprint density at radius 1 is 1.67 bits per heavy atom. The molecular formula is C12H17NO2. The van der Waals surface area contributed by atoms with Crippen molar-refractivity contribution in [3.63, 3.8) is 0 Å². The van der Waals surface area contributed by atoms with E-state index < -0.39 is 5.97 Å². The van der Waals surface area contributed by atoms with Crippen molar-refractivity contribution in [1.29, 1.82) is 0 Å². The van der Waals surface area contributed by atoms with E-state index in [1.165, 1.54) is 0 Å². The number of aromatic carboxylic acids is 1. The number of nitrogens with zero attached hydrogens (tertiary/aromatic N) is 1. The summed E-state index contributed by atoms with van der Waals surface area (Å²) in [5.74, 6) is -0.975. The molecular weight excluding hydrogens is 190 g/mol. The molecule has 0 spiro atoms. The summed E-state index contributed by atoms with van der Waals surface area (Å²) in [5.41, 5.74) is 1.77. The number of hydrogen-bond acceptors (Lipinski definition) is 2. The Hall–Kier alpha value is -1.64. The predicted octanol–water partition coefficient (Wildman–Crippen LogP) is 3.15. The first-order chi connectivity index (χ1) is 7.15. The first kappa shape index (κ1) is 11.4. The molecule has 15 heavy (non-hydrogen) atoms. The Bertz CT molecular complexity index is 389. The maximum atomic E-state index is 10.7. The smallest absolute Gasteiger partial charge is 0.354 e. The fraction of sp³-hybridized carbons (Fsp3) is 0.333. The van der Waals surface area contributed by atoms with Gasteiger partial charge in [0.15, 0.2) is 5.69 Å². The number of allylic oxidation sites excluding steroid dienone is 1. The molecule has 0 saturated heterocycles. The van der Waals surface area contributed by atoms with Gasteiger partial charge in [-0.25, -0.2) is 9.78 Å². The molecule has 0 aliphatic heterocycles. The van der Waals surface area contributed by atoms with E-state index in [-0.39, 0.29) is 7.12 Å². The SMILES string of the molecule is CCC/C=C/c1cnc(C(=O)O)c(C)c1.[HH]. The average molecular weight is 207 g/mol. The number of unbranched alkanes of at least 4 members (excludes halogenated alkanes) is 1. The van der Waals surface area contributed by atoms with Gasteiger partial charge in [0.1, 0.15) is 0 Å². The van der Waals surface area contributed by atoms with Gasteiger partial charge in [-0.15, -0.1) is 0 Å². The van der Waals surface area contributed by atoms with Crippen LogP contribution < -0.4 is 0 Å². The zero-order chi connectivity index (χ0) is 11.3. The van der Waals surface area contributed by atoms with Crippen molar-refractivity contribution in [3.05, 3.63) is 35.2 Å². The summed E-state index contributed by atoms with van der Waals surface area (Å²) in [6, 6.07) is 1.84. The summed E-state index contributed by atoms with van der Waals surface area (Å²) in [6.45, 7) is 3.87. The summed E-state index contributed by atoms with van der Waals surface area (Å²) in [7, 11) is 0. The minimum atomic E-state index is -0.975. The second-order valence-corrected chi connectivity index (χ2v) is 3.43. The van der Waals surface area contributed by atoms with Crippen LogP contribution in [0.4, 0.5) is 0 Å². The van der Waals surface area contributed by atoms with Gasteiger partial charge in [-0.2, -0.15) is 0 Å². The minimum absolute atomic E-state index is 0. The summed E-state index contributed by atoms with van der Waals surface area (Å²) < 4.78 is 0. The number of aromatic nitrogens is 1. The van der Waals surface area contributed by atoms with E-state index in [2.05, 4.69) is 18.0 Å². The van der Waals surface area contributed by atoms with Crippen molar-refractivity contribution in [2.45, 2.75) is 26.7 Å². The molecule has 0 bridgehead atoms. The normalized spacial score (nSPS) is 10.8. The highest BCUT2D eigenvalue weighted by Crippen LogP contribution is 2.09. The van der Waals surface area contributed by atoms with Crippen LogP contribution in [-0.4, -0.2) is 16.1 Å². The van der Waals surface area contributed by atoms with Crippen LogP contribution in [-0.2, 0) is 0 Å². The molecule has 0 atom stereocenters. The third-order valence-corrected chi connectivity index (χ3v) is 2.07. The molecule has 0 aliphatic carbocycles. The summed E-state index contributed by atoms with van der Waals surface area (Å²) in [4.78, 5) is 14.6. The zero-order valence-electron chi connectivity index (χ0n) is 9.03. The molecule has 0 amide bonds. The van der Waals surface area contributed by atoms with E-state index in [0.717, 1.165) is 18.4 Å². The third kappa shape index (κ3) is 3.20. The lowest BCUT2D eigenvalue weighted by Gasteiger charge is -2.00. The van der Waals surface area contributed by atoms with Crippen LogP contribution in [0.15, 0.2) is 18.3 Å². The Labute approximate surface area is 91.0 Å². The van der Waals surface area contributed by atoms with Crippen LogP contribution in [0.2, 0.25) is 0 Å². The van der Waals surface area contributed by atoms with Gasteiger partial charge in [-0.3, -0.25) is 0 Å². The van der Waals surface area contributed by atoms with E-state index in [9.17, 15) is 4.79 Å². The average Bonchev–Trinajstić information content (AvgIpc) is 2.17. The van der Waals surface area contributed by atoms with Gasteiger partial charge >= 0.3 is 5.97 Å². The second kappa shape index (κ2) is 5.29. The van der Waals surface area contributed by atoms with Crippen LogP contribution in [0.1, 0.15) is 42.8 Å². The van der Waals surface area contributed by atoms with Crippen LogP contribution in [0, 0.1) is 6.92 Å². The van der Waals surface area contributed by atoms with E-state index in [4.69, 9.17) is 5.11 Å². The van der Waals surface area contributed by atoms with Gasteiger partial charge in [0.05, 0.1) is 0 Å². The highest BCUT2D eigenvalue weighted by Gasteiger charge is 2.07. The maximum absolute atomic E-state index is 10.7. The monoisotopic (exact) mass is 207 g/mol. The van der Waals surface area contributed by atoms with E-state index >= 15 is 0 Å². The standard InChI is InChI=1S/C12H15NO2.H2/c1-3-4-5-6-10-7-9(2)11(12(14)15)13-8-10;/h5-8H,3-4H2,1-2H3,(H,14,15);1H/b6-5+;. The first-order valence-electron chi connectivity index (χ1n) is 5.01. The highest BCUT2D eigenvalue weighted by molar-refractivity contribution is 5.87. The van der Waals surface area contributed by atoms with Crippen molar-refractivity contribution in [2.75, 3.05) is 0 Å². The second-order valence-electron chi connectivity index (χ2n) is 3.43. The van der Waals surface area contributed by atoms with Crippen molar-refractivity contribution in [2.24, 2.45) is 0 Å². The molecule has 3 nitrogen and oxygen atoms in total.